The highest BCUT2D eigenvalue weighted by Crippen LogP contribution is 2.24. The Morgan fingerprint density at radius 1 is 1.07 bits per heavy atom. The number of oxazole rings is 1. The van der Waals surface area contributed by atoms with Crippen LogP contribution in [0.2, 0.25) is 5.02 Å². The molecule has 0 spiro atoms. The molecule has 2 aromatic heterocycles. The summed E-state index contributed by atoms with van der Waals surface area (Å²) in [5.41, 5.74) is 1.56. The van der Waals surface area contributed by atoms with Gasteiger partial charge in [0, 0.05) is 22.3 Å². The second-order valence-electron chi connectivity index (χ2n) is 6.21. The first kappa shape index (κ1) is 18.6. The number of halogens is 1. The van der Waals surface area contributed by atoms with Gasteiger partial charge in [0.2, 0.25) is 5.91 Å². The van der Waals surface area contributed by atoms with Crippen molar-refractivity contribution in [1.29, 1.82) is 0 Å². The van der Waals surface area contributed by atoms with Crippen LogP contribution in [-0.2, 0) is 11.3 Å². The molecular formula is C21H14ClN3O4. The standard InChI is InChI=1S/C21H14ClN3O4/c22-14-8-9-16(15(11-14)19(27)13-5-2-1-3-6-13)24-18(26)12-25-20-17(29-21(25)28)7-4-10-23-20/h1-11H,12H2,(H,24,26). The van der Waals surface area contributed by atoms with E-state index < -0.39 is 11.7 Å². The molecular weight excluding hydrogens is 394 g/mol. The molecule has 0 saturated heterocycles. The maximum absolute atomic E-state index is 12.9. The second-order valence-corrected chi connectivity index (χ2v) is 6.65. The number of hydrogen-bond acceptors (Lipinski definition) is 5. The first-order valence-electron chi connectivity index (χ1n) is 8.66. The molecule has 0 radical (unpaired) electrons. The number of anilines is 1. The number of aromatic nitrogens is 2. The number of rotatable bonds is 5. The van der Waals surface area contributed by atoms with Crippen LogP contribution in [0.3, 0.4) is 0 Å². The lowest BCUT2D eigenvalue weighted by atomic mass is 10.0. The van der Waals surface area contributed by atoms with E-state index in [0.29, 0.717) is 16.3 Å². The number of carbonyl (C=O) groups excluding carboxylic acids is 2. The third-order valence-corrected chi connectivity index (χ3v) is 4.50. The molecule has 0 atom stereocenters. The smallest absolute Gasteiger partial charge is 0.406 e. The minimum Gasteiger partial charge on any atom is -0.406 e. The number of pyridine rings is 1. The molecule has 8 heteroatoms. The minimum atomic E-state index is -0.689. The highest BCUT2D eigenvalue weighted by Gasteiger charge is 2.18. The number of fused-ring (bicyclic) bond motifs is 1. The molecule has 4 rings (SSSR count). The fourth-order valence-electron chi connectivity index (χ4n) is 2.93. The summed E-state index contributed by atoms with van der Waals surface area (Å²) in [7, 11) is 0. The first-order chi connectivity index (χ1) is 14.0. The molecule has 0 fully saturated rings. The average molecular weight is 408 g/mol. The van der Waals surface area contributed by atoms with Crippen LogP contribution >= 0.6 is 11.6 Å². The molecule has 29 heavy (non-hydrogen) atoms. The highest BCUT2D eigenvalue weighted by atomic mass is 35.5. The summed E-state index contributed by atoms with van der Waals surface area (Å²) in [5, 5.41) is 3.04. The number of ketones is 1. The molecule has 4 aromatic rings. The van der Waals surface area contributed by atoms with Gasteiger partial charge in [0.05, 0.1) is 5.69 Å². The normalized spacial score (nSPS) is 10.8. The zero-order valence-corrected chi connectivity index (χ0v) is 15.7. The van der Waals surface area contributed by atoms with E-state index in [4.69, 9.17) is 16.0 Å². The van der Waals surface area contributed by atoms with E-state index in [-0.39, 0.29) is 29.1 Å². The van der Waals surface area contributed by atoms with Gasteiger partial charge < -0.3 is 9.73 Å². The van der Waals surface area contributed by atoms with Gasteiger partial charge in [-0.25, -0.2) is 14.3 Å². The number of hydrogen-bond donors (Lipinski definition) is 1. The summed E-state index contributed by atoms with van der Waals surface area (Å²) >= 11 is 6.06. The van der Waals surface area contributed by atoms with Gasteiger partial charge in [-0.05, 0) is 30.3 Å². The Morgan fingerprint density at radius 2 is 1.86 bits per heavy atom. The van der Waals surface area contributed by atoms with E-state index in [1.165, 1.54) is 12.3 Å². The van der Waals surface area contributed by atoms with E-state index >= 15 is 0 Å². The maximum atomic E-state index is 12.9. The average Bonchev–Trinajstić information content (AvgIpc) is 3.04. The summed E-state index contributed by atoms with van der Waals surface area (Å²) in [6, 6.07) is 16.5. The third kappa shape index (κ3) is 3.81. The zero-order valence-electron chi connectivity index (χ0n) is 15.0. The first-order valence-corrected chi connectivity index (χ1v) is 9.04. The van der Waals surface area contributed by atoms with Gasteiger partial charge in [-0.15, -0.1) is 0 Å². The fraction of sp³-hybridized carbons (Fsp3) is 0.0476. The Balaban J connectivity index is 1.62. The third-order valence-electron chi connectivity index (χ3n) is 4.26. The van der Waals surface area contributed by atoms with Crippen molar-refractivity contribution in [3.05, 3.63) is 93.6 Å². The lowest BCUT2D eigenvalue weighted by Gasteiger charge is -2.11. The van der Waals surface area contributed by atoms with E-state index in [1.54, 1.807) is 54.6 Å². The van der Waals surface area contributed by atoms with Gasteiger partial charge >= 0.3 is 5.76 Å². The molecule has 0 bridgehead atoms. The van der Waals surface area contributed by atoms with Gasteiger partial charge in [0.25, 0.3) is 0 Å². The quantitative estimate of drug-likeness (QED) is 0.511. The summed E-state index contributed by atoms with van der Waals surface area (Å²) < 4.78 is 6.20. The van der Waals surface area contributed by atoms with Crippen molar-refractivity contribution in [3.8, 4) is 0 Å². The van der Waals surface area contributed by atoms with Crippen LogP contribution in [0, 0.1) is 0 Å². The minimum absolute atomic E-state index is 0.250. The van der Waals surface area contributed by atoms with Crippen molar-refractivity contribution in [2.75, 3.05) is 5.32 Å². The van der Waals surface area contributed by atoms with E-state index in [2.05, 4.69) is 10.3 Å². The Bertz CT molecular complexity index is 1280. The molecule has 7 nitrogen and oxygen atoms in total. The topological polar surface area (TPSA) is 94.2 Å². The van der Waals surface area contributed by atoms with Crippen molar-refractivity contribution in [3.63, 3.8) is 0 Å². The fourth-order valence-corrected chi connectivity index (χ4v) is 3.10. The lowest BCUT2D eigenvalue weighted by Crippen LogP contribution is -2.25. The van der Waals surface area contributed by atoms with Crippen molar-refractivity contribution >= 4 is 40.2 Å². The number of carbonyl (C=O) groups is 2. The maximum Gasteiger partial charge on any atom is 0.421 e. The molecule has 1 amide bonds. The Morgan fingerprint density at radius 3 is 2.66 bits per heavy atom. The summed E-state index contributed by atoms with van der Waals surface area (Å²) in [4.78, 5) is 41.6. The number of amides is 1. The molecule has 1 N–H and O–H groups in total. The SMILES string of the molecule is O=C(Cn1c(=O)oc2cccnc21)Nc1ccc(Cl)cc1C(=O)c1ccccc1. The monoisotopic (exact) mass is 407 g/mol. The van der Waals surface area contributed by atoms with Crippen molar-refractivity contribution in [2.24, 2.45) is 0 Å². The van der Waals surface area contributed by atoms with Crippen molar-refractivity contribution < 1.29 is 14.0 Å². The molecule has 2 aromatic carbocycles. The molecule has 0 unspecified atom stereocenters. The Labute approximate surface area is 169 Å². The van der Waals surface area contributed by atoms with Crippen LogP contribution in [0.5, 0.6) is 0 Å². The molecule has 0 saturated carbocycles. The number of nitrogens with one attached hydrogen (secondary N) is 1. The second kappa shape index (κ2) is 7.73. The summed E-state index contributed by atoms with van der Waals surface area (Å²) in [6.45, 7) is -0.315. The number of nitrogens with zero attached hydrogens (tertiary/aromatic N) is 2. The predicted octanol–water partition coefficient (Wildman–Crippen LogP) is 3.51. The van der Waals surface area contributed by atoms with E-state index in [9.17, 15) is 14.4 Å². The Kier molecular flexibility index (Phi) is 4.97. The molecule has 0 aliphatic carbocycles. The Hall–Kier alpha value is -3.71. The molecule has 2 heterocycles. The lowest BCUT2D eigenvalue weighted by molar-refractivity contribution is -0.116. The van der Waals surface area contributed by atoms with Gasteiger partial charge in [-0.3, -0.25) is 9.59 Å². The summed E-state index contributed by atoms with van der Waals surface area (Å²) in [6.07, 6.45) is 1.50. The van der Waals surface area contributed by atoms with Gasteiger partial charge in [0.15, 0.2) is 17.0 Å². The van der Waals surface area contributed by atoms with Crippen LogP contribution in [0.15, 0.2) is 76.1 Å². The molecule has 0 aliphatic heterocycles. The van der Waals surface area contributed by atoms with Crippen molar-refractivity contribution in [2.45, 2.75) is 6.54 Å². The molecule has 0 aliphatic rings. The van der Waals surface area contributed by atoms with Crippen LogP contribution < -0.4 is 11.1 Å². The van der Waals surface area contributed by atoms with Crippen LogP contribution in [0.1, 0.15) is 15.9 Å². The van der Waals surface area contributed by atoms with E-state index in [0.717, 1.165) is 4.57 Å². The van der Waals surface area contributed by atoms with Gasteiger partial charge in [0.1, 0.15) is 6.54 Å². The largest absolute Gasteiger partial charge is 0.421 e. The zero-order chi connectivity index (χ0) is 20.4. The van der Waals surface area contributed by atoms with Crippen molar-refractivity contribution in [1.82, 2.24) is 9.55 Å². The number of benzene rings is 2. The summed E-state index contributed by atoms with van der Waals surface area (Å²) in [5.74, 6) is -1.48. The van der Waals surface area contributed by atoms with Gasteiger partial charge in [-0.1, -0.05) is 41.9 Å². The molecule has 144 valence electrons. The predicted molar refractivity (Wildman–Crippen MR) is 108 cm³/mol. The van der Waals surface area contributed by atoms with Gasteiger partial charge in [-0.2, -0.15) is 0 Å². The van der Waals surface area contributed by atoms with Crippen LogP contribution in [-0.4, -0.2) is 21.2 Å². The van der Waals surface area contributed by atoms with Crippen LogP contribution in [0.4, 0.5) is 5.69 Å². The van der Waals surface area contributed by atoms with Crippen LogP contribution in [0.25, 0.3) is 11.2 Å². The highest BCUT2D eigenvalue weighted by molar-refractivity contribution is 6.31. The van der Waals surface area contributed by atoms with E-state index in [1.807, 2.05) is 0 Å².